The summed E-state index contributed by atoms with van der Waals surface area (Å²) < 4.78 is 6.72. The summed E-state index contributed by atoms with van der Waals surface area (Å²) in [4.78, 5) is 28.1. The third-order valence-corrected chi connectivity index (χ3v) is 6.63. The monoisotopic (exact) mass is 530 g/mol. The van der Waals surface area contributed by atoms with Gasteiger partial charge in [-0.05, 0) is 71.3 Å². The third-order valence-electron chi connectivity index (χ3n) is 6.01. The van der Waals surface area contributed by atoms with Crippen molar-refractivity contribution < 1.29 is 14.3 Å². The maximum Gasteiger partial charge on any atom is 0.261 e. The van der Waals surface area contributed by atoms with Crippen molar-refractivity contribution in [2.45, 2.75) is 85.4 Å². The van der Waals surface area contributed by atoms with Crippen LogP contribution < -0.4 is 10.1 Å². The summed E-state index contributed by atoms with van der Waals surface area (Å²) in [5.41, 5.74) is 3.31. The number of benzene rings is 2. The molecule has 0 bridgehead atoms. The van der Waals surface area contributed by atoms with Crippen LogP contribution in [0.5, 0.6) is 5.75 Å². The number of halogens is 1. The van der Waals surface area contributed by atoms with Gasteiger partial charge in [0.15, 0.2) is 6.61 Å². The first-order chi connectivity index (χ1) is 16.0. The number of carbonyl (C=O) groups is 2. The Bertz CT molecular complexity index is 967. The molecule has 5 nitrogen and oxygen atoms in total. The van der Waals surface area contributed by atoms with Crippen LogP contribution >= 0.6 is 15.9 Å². The molecule has 0 spiro atoms. The van der Waals surface area contributed by atoms with Gasteiger partial charge in [-0.3, -0.25) is 9.59 Å². The van der Waals surface area contributed by atoms with Crippen molar-refractivity contribution in [2.24, 2.45) is 0 Å². The van der Waals surface area contributed by atoms with Gasteiger partial charge in [0.05, 0.1) is 4.47 Å². The molecule has 0 aliphatic rings. The van der Waals surface area contributed by atoms with E-state index in [1.165, 1.54) is 5.56 Å². The largest absolute Gasteiger partial charge is 0.483 e. The second-order valence-corrected chi connectivity index (χ2v) is 10.8. The van der Waals surface area contributed by atoms with Gasteiger partial charge in [-0.25, -0.2) is 0 Å². The van der Waals surface area contributed by atoms with E-state index >= 15 is 0 Å². The Morgan fingerprint density at radius 1 is 1.06 bits per heavy atom. The first kappa shape index (κ1) is 27.9. The number of aryl methyl sites for hydroxylation is 1. The van der Waals surface area contributed by atoms with E-state index in [1.54, 1.807) is 4.90 Å². The number of ether oxygens (including phenoxy) is 1. The number of hydrogen-bond donors (Lipinski definition) is 1. The Hall–Kier alpha value is -2.34. The van der Waals surface area contributed by atoms with Crippen LogP contribution in [0.15, 0.2) is 46.9 Å². The van der Waals surface area contributed by atoms with Crippen molar-refractivity contribution in [3.8, 4) is 5.75 Å². The molecule has 2 rings (SSSR count). The molecule has 0 saturated heterocycles. The van der Waals surface area contributed by atoms with Gasteiger partial charge in [0.2, 0.25) is 5.91 Å². The zero-order valence-corrected chi connectivity index (χ0v) is 23.2. The highest BCUT2D eigenvalue weighted by Crippen LogP contribution is 2.31. The maximum atomic E-state index is 13.4. The summed E-state index contributed by atoms with van der Waals surface area (Å²) in [6.45, 7) is 14.6. The lowest BCUT2D eigenvalue weighted by Gasteiger charge is -2.31. The lowest BCUT2D eigenvalue weighted by Crippen LogP contribution is -2.51. The highest BCUT2D eigenvalue weighted by molar-refractivity contribution is 9.10. The molecule has 0 radical (unpaired) electrons. The minimum Gasteiger partial charge on any atom is -0.483 e. The molecule has 0 unspecified atom stereocenters. The quantitative estimate of drug-likeness (QED) is 0.400. The molecule has 34 heavy (non-hydrogen) atoms. The number of nitrogens with zero attached hydrogens (tertiary/aromatic N) is 1. The average molecular weight is 532 g/mol. The fraction of sp³-hybridized carbons (Fsp3) is 0.500. The Kier molecular flexibility index (Phi) is 10.2. The standard InChI is InChI=1S/C28H39BrN2O3/c1-8-20(4)30-27(33)24(9-2)31(17-21-12-10-19(3)11-13-21)26(32)18-34-25-15-14-22(16-23(25)29)28(5,6)7/h10-16,20,24H,8-9,17-18H2,1-7H3,(H,30,33)/t20-,24+/m1/s1. The molecule has 0 saturated carbocycles. The van der Waals surface area contributed by atoms with Gasteiger partial charge in [0.1, 0.15) is 11.8 Å². The minimum absolute atomic E-state index is 0.0129. The number of amides is 2. The van der Waals surface area contributed by atoms with E-state index < -0.39 is 6.04 Å². The van der Waals surface area contributed by atoms with Crippen molar-refractivity contribution in [1.82, 2.24) is 10.2 Å². The van der Waals surface area contributed by atoms with E-state index in [0.717, 1.165) is 22.0 Å². The van der Waals surface area contributed by atoms with Crippen LogP contribution in [0, 0.1) is 6.92 Å². The van der Waals surface area contributed by atoms with Gasteiger partial charge in [-0.2, -0.15) is 0 Å². The molecule has 0 aromatic heterocycles. The van der Waals surface area contributed by atoms with Gasteiger partial charge < -0.3 is 15.0 Å². The highest BCUT2D eigenvalue weighted by atomic mass is 79.9. The van der Waals surface area contributed by atoms with E-state index in [9.17, 15) is 9.59 Å². The second-order valence-electron chi connectivity index (χ2n) is 9.93. The molecular weight excluding hydrogens is 492 g/mol. The summed E-state index contributed by atoms with van der Waals surface area (Å²) in [7, 11) is 0. The molecule has 1 N–H and O–H groups in total. The molecule has 6 heteroatoms. The number of hydrogen-bond acceptors (Lipinski definition) is 3. The highest BCUT2D eigenvalue weighted by Gasteiger charge is 2.29. The van der Waals surface area contributed by atoms with Crippen molar-refractivity contribution in [3.63, 3.8) is 0 Å². The van der Waals surface area contributed by atoms with Crippen molar-refractivity contribution >= 4 is 27.7 Å². The van der Waals surface area contributed by atoms with Gasteiger partial charge >= 0.3 is 0 Å². The molecule has 0 aliphatic carbocycles. The molecule has 2 atom stereocenters. The van der Waals surface area contributed by atoms with Crippen LogP contribution in [-0.2, 0) is 21.5 Å². The van der Waals surface area contributed by atoms with Crippen LogP contribution in [0.3, 0.4) is 0 Å². The molecule has 0 heterocycles. The molecule has 0 aliphatic heterocycles. The predicted molar refractivity (Wildman–Crippen MR) is 142 cm³/mol. The normalized spacial score (nSPS) is 13.2. The van der Waals surface area contributed by atoms with Gasteiger partial charge in [0.25, 0.3) is 5.91 Å². The SMILES string of the molecule is CC[C@@H](C)NC(=O)[C@H](CC)N(Cc1ccc(C)cc1)C(=O)COc1ccc(C(C)(C)C)cc1Br. The molecule has 2 aromatic rings. The molecule has 186 valence electrons. The number of nitrogens with one attached hydrogen (secondary N) is 1. The first-order valence-electron chi connectivity index (χ1n) is 12.0. The Morgan fingerprint density at radius 2 is 1.71 bits per heavy atom. The van der Waals surface area contributed by atoms with E-state index in [0.29, 0.717) is 18.7 Å². The van der Waals surface area contributed by atoms with Crippen LogP contribution in [0.25, 0.3) is 0 Å². The van der Waals surface area contributed by atoms with Gasteiger partial charge in [0, 0.05) is 12.6 Å². The summed E-state index contributed by atoms with van der Waals surface area (Å²) in [5, 5.41) is 3.03. The van der Waals surface area contributed by atoms with Crippen LogP contribution in [0.2, 0.25) is 0 Å². The zero-order chi connectivity index (χ0) is 25.5. The summed E-state index contributed by atoms with van der Waals surface area (Å²) in [6, 6.07) is 13.4. The van der Waals surface area contributed by atoms with E-state index in [-0.39, 0.29) is 29.9 Å². The molecular formula is C28H39BrN2O3. The first-order valence-corrected chi connectivity index (χ1v) is 12.8. The summed E-state index contributed by atoms with van der Waals surface area (Å²) >= 11 is 3.57. The summed E-state index contributed by atoms with van der Waals surface area (Å²) in [5.74, 6) is 0.250. The fourth-order valence-corrected chi connectivity index (χ4v) is 4.05. The van der Waals surface area contributed by atoms with Crippen LogP contribution in [0.1, 0.15) is 71.1 Å². The smallest absolute Gasteiger partial charge is 0.261 e. The lowest BCUT2D eigenvalue weighted by atomic mass is 9.87. The maximum absolute atomic E-state index is 13.4. The lowest BCUT2D eigenvalue weighted by molar-refractivity contribution is -0.143. The number of rotatable bonds is 10. The van der Waals surface area contributed by atoms with Crippen LogP contribution in [-0.4, -0.2) is 35.4 Å². The van der Waals surface area contributed by atoms with E-state index in [2.05, 4.69) is 42.0 Å². The third kappa shape index (κ3) is 7.86. The zero-order valence-electron chi connectivity index (χ0n) is 21.6. The van der Waals surface area contributed by atoms with Crippen molar-refractivity contribution in [3.05, 3.63) is 63.6 Å². The Morgan fingerprint density at radius 3 is 2.24 bits per heavy atom. The Balaban J connectivity index is 2.24. The minimum atomic E-state index is -0.571. The molecule has 2 amide bonds. The Labute approximate surface area is 213 Å². The fourth-order valence-electron chi connectivity index (χ4n) is 3.56. The van der Waals surface area contributed by atoms with Crippen molar-refractivity contribution in [1.29, 1.82) is 0 Å². The van der Waals surface area contributed by atoms with E-state index in [4.69, 9.17) is 4.74 Å². The number of carbonyl (C=O) groups excluding carboxylic acids is 2. The molecule has 2 aromatic carbocycles. The topological polar surface area (TPSA) is 58.6 Å². The van der Waals surface area contributed by atoms with Crippen molar-refractivity contribution in [2.75, 3.05) is 6.61 Å². The average Bonchev–Trinajstić information content (AvgIpc) is 2.78. The van der Waals surface area contributed by atoms with E-state index in [1.807, 2.05) is 70.2 Å². The second kappa shape index (κ2) is 12.4. The molecule has 0 fully saturated rings. The summed E-state index contributed by atoms with van der Waals surface area (Å²) in [6.07, 6.45) is 1.35. The predicted octanol–water partition coefficient (Wildman–Crippen LogP) is 6.16. The van der Waals surface area contributed by atoms with Gasteiger partial charge in [-0.1, -0.05) is 70.5 Å². The van der Waals surface area contributed by atoms with Gasteiger partial charge in [-0.15, -0.1) is 0 Å². The van der Waals surface area contributed by atoms with Crippen LogP contribution in [0.4, 0.5) is 0 Å².